The average molecular weight is 271 g/mol. The zero-order chi connectivity index (χ0) is 14.1. The van der Waals surface area contributed by atoms with E-state index >= 15 is 0 Å². The summed E-state index contributed by atoms with van der Waals surface area (Å²) in [4.78, 5) is 4.76. The third kappa shape index (κ3) is 2.24. The number of hydrogen-bond donors (Lipinski definition) is 1. The van der Waals surface area contributed by atoms with Crippen LogP contribution in [0, 0.1) is 5.92 Å². The Hall–Kier alpha value is -1.35. The van der Waals surface area contributed by atoms with Gasteiger partial charge in [0.1, 0.15) is 5.82 Å². The summed E-state index contributed by atoms with van der Waals surface area (Å²) in [5.41, 5.74) is 9.80. The molecule has 1 atom stereocenters. The summed E-state index contributed by atoms with van der Waals surface area (Å²) in [7, 11) is 2.10. The van der Waals surface area contributed by atoms with Crippen LogP contribution in [0.2, 0.25) is 0 Å². The number of aromatic nitrogens is 2. The molecule has 0 saturated heterocycles. The van der Waals surface area contributed by atoms with E-state index in [9.17, 15) is 0 Å². The predicted molar refractivity (Wildman–Crippen MR) is 83.8 cm³/mol. The number of nitrogens with zero attached hydrogens (tertiary/aromatic N) is 2. The number of hydrogen-bond acceptors (Lipinski definition) is 2. The van der Waals surface area contributed by atoms with Crippen LogP contribution in [0.4, 0.5) is 0 Å². The minimum absolute atomic E-state index is 0.508. The molecule has 0 spiro atoms. The summed E-state index contributed by atoms with van der Waals surface area (Å²) >= 11 is 0. The maximum atomic E-state index is 6.06. The molecule has 0 aliphatic heterocycles. The summed E-state index contributed by atoms with van der Waals surface area (Å²) in [5, 5.41) is 0. The van der Waals surface area contributed by atoms with Crippen molar-refractivity contribution in [2.75, 3.05) is 6.54 Å². The molecule has 1 aromatic heterocycles. The molecular weight excluding hydrogens is 246 g/mol. The van der Waals surface area contributed by atoms with Crippen molar-refractivity contribution in [3.05, 3.63) is 29.6 Å². The molecule has 3 rings (SSSR count). The fraction of sp³-hybridized carbons (Fsp3) is 0.588. The highest BCUT2D eigenvalue weighted by Crippen LogP contribution is 2.37. The molecule has 1 fully saturated rings. The fourth-order valence-electron chi connectivity index (χ4n) is 3.77. The lowest BCUT2D eigenvalue weighted by molar-refractivity contribution is 0.440. The van der Waals surface area contributed by atoms with Crippen molar-refractivity contribution in [2.45, 2.75) is 44.9 Å². The van der Waals surface area contributed by atoms with Gasteiger partial charge in [-0.25, -0.2) is 4.98 Å². The normalized spacial score (nSPS) is 17.9. The van der Waals surface area contributed by atoms with E-state index in [0.717, 1.165) is 30.2 Å². The molecule has 0 radical (unpaired) electrons. The molecule has 1 saturated carbocycles. The number of fused-ring (bicyclic) bond motifs is 1. The van der Waals surface area contributed by atoms with Crippen LogP contribution in [-0.4, -0.2) is 16.1 Å². The monoisotopic (exact) mass is 271 g/mol. The molecule has 2 aromatic rings. The Labute approximate surface area is 121 Å². The van der Waals surface area contributed by atoms with Crippen LogP contribution >= 0.6 is 0 Å². The molecule has 1 aliphatic rings. The van der Waals surface area contributed by atoms with Crippen LogP contribution in [0.15, 0.2) is 18.2 Å². The van der Waals surface area contributed by atoms with Crippen LogP contribution < -0.4 is 5.73 Å². The van der Waals surface area contributed by atoms with Crippen molar-refractivity contribution in [1.82, 2.24) is 9.55 Å². The second-order valence-electron chi connectivity index (χ2n) is 6.08. The SMILES string of the molecule is CCc1nc2cc(C(CN)C3CCCC3)ccc2n1C. The Bertz CT molecular complexity index is 594. The summed E-state index contributed by atoms with van der Waals surface area (Å²) in [5.74, 6) is 2.43. The zero-order valence-corrected chi connectivity index (χ0v) is 12.6. The van der Waals surface area contributed by atoms with Crippen molar-refractivity contribution in [1.29, 1.82) is 0 Å². The maximum absolute atomic E-state index is 6.06. The van der Waals surface area contributed by atoms with Gasteiger partial charge < -0.3 is 10.3 Å². The number of rotatable bonds is 4. The lowest BCUT2D eigenvalue weighted by Crippen LogP contribution is -2.19. The molecule has 1 aliphatic carbocycles. The highest BCUT2D eigenvalue weighted by molar-refractivity contribution is 5.77. The lowest BCUT2D eigenvalue weighted by Gasteiger charge is -2.22. The van der Waals surface area contributed by atoms with E-state index in [2.05, 4.69) is 36.7 Å². The summed E-state index contributed by atoms with van der Waals surface area (Å²) < 4.78 is 2.20. The van der Waals surface area contributed by atoms with Gasteiger partial charge in [0.2, 0.25) is 0 Å². The molecule has 1 heterocycles. The first-order valence-electron chi connectivity index (χ1n) is 7.90. The molecule has 108 valence electrons. The van der Waals surface area contributed by atoms with E-state index in [1.54, 1.807) is 0 Å². The molecule has 3 nitrogen and oxygen atoms in total. The van der Waals surface area contributed by atoms with Crippen molar-refractivity contribution in [3.63, 3.8) is 0 Å². The van der Waals surface area contributed by atoms with Gasteiger partial charge in [-0.2, -0.15) is 0 Å². The van der Waals surface area contributed by atoms with Gasteiger partial charge in [0.25, 0.3) is 0 Å². The third-order valence-electron chi connectivity index (χ3n) is 4.96. The van der Waals surface area contributed by atoms with Crippen LogP contribution in [0.5, 0.6) is 0 Å². The first-order chi connectivity index (χ1) is 9.74. The van der Waals surface area contributed by atoms with Gasteiger partial charge in [-0.05, 0) is 48.9 Å². The van der Waals surface area contributed by atoms with Gasteiger partial charge >= 0.3 is 0 Å². The van der Waals surface area contributed by atoms with Crippen molar-refractivity contribution in [3.8, 4) is 0 Å². The van der Waals surface area contributed by atoms with Crippen molar-refractivity contribution >= 4 is 11.0 Å². The Morgan fingerprint density at radius 1 is 1.35 bits per heavy atom. The minimum Gasteiger partial charge on any atom is -0.331 e. The Morgan fingerprint density at radius 3 is 2.75 bits per heavy atom. The molecule has 0 amide bonds. The second-order valence-corrected chi connectivity index (χ2v) is 6.08. The van der Waals surface area contributed by atoms with Crippen molar-refractivity contribution in [2.24, 2.45) is 18.7 Å². The molecule has 20 heavy (non-hydrogen) atoms. The Morgan fingerprint density at radius 2 is 2.10 bits per heavy atom. The number of aryl methyl sites for hydroxylation is 2. The lowest BCUT2D eigenvalue weighted by atomic mass is 9.85. The third-order valence-corrected chi connectivity index (χ3v) is 4.96. The van der Waals surface area contributed by atoms with Crippen LogP contribution in [0.3, 0.4) is 0 Å². The average Bonchev–Trinajstić information content (AvgIpc) is 3.08. The topological polar surface area (TPSA) is 43.8 Å². The largest absolute Gasteiger partial charge is 0.331 e. The molecule has 0 bridgehead atoms. The first-order valence-corrected chi connectivity index (χ1v) is 7.90. The zero-order valence-electron chi connectivity index (χ0n) is 12.6. The molecule has 1 aromatic carbocycles. The molecular formula is C17H25N3. The van der Waals surface area contributed by atoms with E-state index in [1.165, 1.54) is 36.8 Å². The standard InChI is InChI=1S/C17H25N3/c1-3-17-19-15-10-13(8-9-16(15)20(17)2)14(11-18)12-6-4-5-7-12/h8-10,12,14H,3-7,11,18H2,1-2H3. The van der Waals surface area contributed by atoms with Gasteiger partial charge in [0, 0.05) is 13.5 Å². The first kappa shape index (κ1) is 13.6. The van der Waals surface area contributed by atoms with E-state index in [1.807, 2.05) is 0 Å². The second kappa shape index (κ2) is 5.57. The summed E-state index contributed by atoms with van der Waals surface area (Å²) in [6, 6.07) is 6.75. The molecule has 3 heteroatoms. The van der Waals surface area contributed by atoms with E-state index in [-0.39, 0.29) is 0 Å². The Kier molecular flexibility index (Phi) is 3.79. The number of benzene rings is 1. The van der Waals surface area contributed by atoms with Gasteiger partial charge in [-0.3, -0.25) is 0 Å². The Balaban J connectivity index is 1.98. The number of nitrogens with two attached hydrogens (primary N) is 1. The van der Waals surface area contributed by atoms with Crippen LogP contribution in [0.1, 0.15) is 49.9 Å². The van der Waals surface area contributed by atoms with Gasteiger partial charge in [-0.1, -0.05) is 25.8 Å². The van der Waals surface area contributed by atoms with E-state index in [0.29, 0.717) is 5.92 Å². The van der Waals surface area contributed by atoms with Gasteiger partial charge in [0.15, 0.2) is 0 Å². The maximum Gasteiger partial charge on any atom is 0.109 e. The van der Waals surface area contributed by atoms with Crippen molar-refractivity contribution < 1.29 is 0 Å². The van der Waals surface area contributed by atoms with E-state index in [4.69, 9.17) is 10.7 Å². The smallest absolute Gasteiger partial charge is 0.109 e. The summed E-state index contributed by atoms with van der Waals surface area (Å²) in [6.07, 6.45) is 6.38. The molecule has 2 N–H and O–H groups in total. The van der Waals surface area contributed by atoms with Gasteiger partial charge in [-0.15, -0.1) is 0 Å². The predicted octanol–water partition coefficient (Wildman–Crippen LogP) is 3.37. The van der Waals surface area contributed by atoms with Gasteiger partial charge in [0.05, 0.1) is 11.0 Å². The minimum atomic E-state index is 0.508. The fourth-order valence-corrected chi connectivity index (χ4v) is 3.77. The molecule has 1 unspecified atom stereocenters. The number of imidazole rings is 1. The summed E-state index contributed by atoms with van der Waals surface area (Å²) in [6.45, 7) is 2.91. The van der Waals surface area contributed by atoms with Crippen LogP contribution in [0.25, 0.3) is 11.0 Å². The quantitative estimate of drug-likeness (QED) is 0.926. The van der Waals surface area contributed by atoms with Crippen LogP contribution in [-0.2, 0) is 13.5 Å². The highest BCUT2D eigenvalue weighted by Gasteiger charge is 2.25. The van der Waals surface area contributed by atoms with E-state index < -0.39 is 0 Å². The highest BCUT2D eigenvalue weighted by atomic mass is 15.1.